The van der Waals surface area contributed by atoms with Gasteiger partial charge < -0.3 is 5.73 Å². The van der Waals surface area contributed by atoms with E-state index in [-0.39, 0.29) is 11.9 Å². The Bertz CT molecular complexity index is 599. The van der Waals surface area contributed by atoms with E-state index in [1.54, 1.807) is 12.1 Å². The molecule has 0 aliphatic heterocycles. The zero-order valence-corrected chi connectivity index (χ0v) is 13.6. The van der Waals surface area contributed by atoms with Crippen molar-refractivity contribution < 1.29 is 4.39 Å². The van der Waals surface area contributed by atoms with Crippen molar-refractivity contribution in [1.29, 1.82) is 0 Å². The first kappa shape index (κ1) is 14.7. The van der Waals surface area contributed by atoms with Crippen LogP contribution in [0, 0.1) is 12.7 Å². The molecule has 2 rings (SSSR count). The highest BCUT2D eigenvalue weighted by Crippen LogP contribution is 2.26. The quantitative estimate of drug-likeness (QED) is 0.797. The molecular formula is C15H14Br2FN. The van der Waals surface area contributed by atoms with E-state index in [1.807, 2.05) is 25.1 Å². The normalized spacial score (nSPS) is 12.5. The maximum atomic E-state index is 13.2. The first-order valence-corrected chi connectivity index (χ1v) is 7.52. The van der Waals surface area contributed by atoms with Crippen LogP contribution in [0.5, 0.6) is 0 Å². The topological polar surface area (TPSA) is 26.0 Å². The highest BCUT2D eigenvalue weighted by molar-refractivity contribution is 9.10. The number of hydrogen-bond donors (Lipinski definition) is 1. The molecule has 4 heteroatoms. The van der Waals surface area contributed by atoms with Crippen molar-refractivity contribution in [1.82, 2.24) is 0 Å². The third-order valence-electron chi connectivity index (χ3n) is 3.15. The molecule has 2 aromatic rings. The first-order chi connectivity index (χ1) is 8.99. The van der Waals surface area contributed by atoms with E-state index in [2.05, 4.69) is 31.9 Å². The van der Waals surface area contributed by atoms with E-state index in [9.17, 15) is 4.39 Å². The molecule has 0 aromatic heterocycles. The second-order valence-electron chi connectivity index (χ2n) is 4.51. The van der Waals surface area contributed by atoms with Crippen molar-refractivity contribution in [2.75, 3.05) is 0 Å². The third-order valence-corrected chi connectivity index (χ3v) is 4.62. The van der Waals surface area contributed by atoms with Gasteiger partial charge in [0.2, 0.25) is 0 Å². The van der Waals surface area contributed by atoms with Crippen LogP contribution in [0.1, 0.15) is 22.7 Å². The number of nitrogens with two attached hydrogens (primary N) is 1. The lowest BCUT2D eigenvalue weighted by atomic mass is 9.96. The van der Waals surface area contributed by atoms with Gasteiger partial charge in [-0.05, 0) is 64.2 Å². The molecule has 0 saturated heterocycles. The lowest BCUT2D eigenvalue weighted by Crippen LogP contribution is -2.15. The number of hydrogen-bond acceptors (Lipinski definition) is 1. The second kappa shape index (κ2) is 6.16. The van der Waals surface area contributed by atoms with Gasteiger partial charge in [0.15, 0.2) is 0 Å². The fraction of sp³-hybridized carbons (Fsp3) is 0.200. The molecule has 0 saturated carbocycles. The van der Waals surface area contributed by atoms with Crippen molar-refractivity contribution in [2.24, 2.45) is 5.73 Å². The Hall–Kier alpha value is -0.710. The molecule has 1 atom stereocenters. The van der Waals surface area contributed by atoms with Crippen LogP contribution >= 0.6 is 31.9 Å². The van der Waals surface area contributed by atoms with E-state index < -0.39 is 0 Å². The fourth-order valence-electron chi connectivity index (χ4n) is 2.06. The van der Waals surface area contributed by atoms with E-state index in [0.29, 0.717) is 10.9 Å². The highest BCUT2D eigenvalue weighted by atomic mass is 79.9. The maximum Gasteiger partial charge on any atom is 0.137 e. The van der Waals surface area contributed by atoms with Gasteiger partial charge in [-0.2, -0.15) is 0 Å². The van der Waals surface area contributed by atoms with Crippen LogP contribution in [0.4, 0.5) is 4.39 Å². The summed E-state index contributed by atoms with van der Waals surface area (Å²) in [7, 11) is 0. The molecule has 0 spiro atoms. The molecule has 0 aliphatic rings. The fourth-order valence-corrected chi connectivity index (χ4v) is 2.86. The average Bonchev–Trinajstić information content (AvgIpc) is 2.37. The van der Waals surface area contributed by atoms with Gasteiger partial charge in [-0.3, -0.25) is 0 Å². The summed E-state index contributed by atoms with van der Waals surface area (Å²) in [6, 6.07) is 10.9. The summed E-state index contributed by atoms with van der Waals surface area (Å²) >= 11 is 6.70. The van der Waals surface area contributed by atoms with E-state index >= 15 is 0 Å². The Morgan fingerprint density at radius 2 is 1.89 bits per heavy atom. The predicted molar refractivity (Wildman–Crippen MR) is 83.6 cm³/mol. The molecule has 2 aromatic carbocycles. The van der Waals surface area contributed by atoms with Crippen molar-refractivity contribution in [3.05, 3.63) is 67.9 Å². The Labute approximate surface area is 129 Å². The summed E-state index contributed by atoms with van der Waals surface area (Å²) in [6.07, 6.45) is 0.677. The molecule has 0 bridgehead atoms. The molecular weight excluding hydrogens is 373 g/mol. The summed E-state index contributed by atoms with van der Waals surface area (Å²) in [4.78, 5) is 0. The van der Waals surface area contributed by atoms with Crippen LogP contribution in [-0.2, 0) is 6.42 Å². The van der Waals surface area contributed by atoms with E-state index in [1.165, 1.54) is 6.07 Å². The molecule has 2 N–H and O–H groups in total. The van der Waals surface area contributed by atoms with Gasteiger partial charge in [0.25, 0.3) is 0 Å². The molecule has 1 nitrogen and oxygen atoms in total. The van der Waals surface area contributed by atoms with E-state index in [0.717, 1.165) is 21.2 Å². The Morgan fingerprint density at radius 1 is 1.16 bits per heavy atom. The molecule has 1 unspecified atom stereocenters. The Balaban J connectivity index is 2.23. The van der Waals surface area contributed by atoms with Gasteiger partial charge in [0, 0.05) is 10.5 Å². The molecule has 0 amide bonds. The van der Waals surface area contributed by atoms with Gasteiger partial charge in [0.05, 0.1) is 4.47 Å². The molecule has 100 valence electrons. The SMILES string of the molecule is Cc1c(Br)cccc1C(N)Cc1ccc(F)c(Br)c1. The van der Waals surface area contributed by atoms with Gasteiger partial charge >= 0.3 is 0 Å². The summed E-state index contributed by atoms with van der Waals surface area (Å²) in [5, 5.41) is 0. The van der Waals surface area contributed by atoms with Gasteiger partial charge in [-0.15, -0.1) is 0 Å². The monoisotopic (exact) mass is 385 g/mol. The van der Waals surface area contributed by atoms with Crippen LogP contribution in [-0.4, -0.2) is 0 Å². The number of benzene rings is 2. The van der Waals surface area contributed by atoms with E-state index in [4.69, 9.17) is 5.73 Å². The Kier molecular flexibility index (Phi) is 4.76. The molecule has 0 fully saturated rings. The van der Waals surface area contributed by atoms with Crippen LogP contribution in [0.15, 0.2) is 45.3 Å². The number of halogens is 3. The smallest absolute Gasteiger partial charge is 0.137 e. The highest BCUT2D eigenvalue weighted by Gasteiger charge is 2.12. The second-order valence-corrected chi connectivity index (χ2v) is 6.22. The largest absolute Gasteiger partial charge is 0.324 e. The standard InChI is InChI=1S/C15H14Br2FN/c1-9-11(3-2-4-12(9)16)15(19)8-10-5-6-14(18)13(17)7-10/h2-7,15H,8,19H2,1H3. The molecule has 19 heavy (non-hydrogen) atoms. The maximum absolute atomic E-state index is 13.2. The summed E-state index contributed by atoms with van der Waals surface area (Å²) in [5.41, 5.74) is 9.52. The Morgan fingerprint density at radius 3 is 2.58 bits per heavy atom. The molecule has 0 aliphatic carbocycles. The minimum Gasteiger partial charge on any atom is -0.324 e. The lowest BCUT2D eigenvalue weighted by molar-refractivity contribution is 0.618. The van der Waals surface area contributed by atoms with Crippen LogP contribution < -0.4 is 5.73 Å². The van der Waals surface area contributed by atoms with Crippen molar-refractivity contribution in [2.45, 2.75) is 19.4 Å². The zero-order valence-electron chi connectivity index (χ0n) is 10.5. The minimum absolute atomic E-state index is 0.102. The van der Waals surface area contributed by atoms with Gasteiger partial charge in [-0.1, -0.05) is 34.1 Å². The predicted octanol–water partition coefficient (Wildman–Crippen LogP) is 4.90. The van der Waals surface area contributed by atoms with Crippen LogP contribution in [0.25, 0.3) is 0 Å². The van der Waals surface area contributed by atoms with Crippen molar-refractivity contribution in [3.8, 4) is 0 Å². The van der Waals surface area contributed by atoms with Crippen molar-refractivity contribution in [3.63, 3.8) is 0 Å². The summed E-state index contributed by atoms with van der Waals surface area (Å²) in [6.45, 7) is 2.04. The zero-order chi connectivity index (χ0) is 14.0. The minimum atomic E-state index is -0.254. The third kappa shape index (κ3) is 3.44. The average molecular weight is 387 g/mol. The lowest BCUT2D eigenvalue weighted by Gasteiger charge is -2.16. The van der Waals surface area contributed by atoms with Gasteiger partial charge in [0.1, 0.15) is 5.82 Å². The van der Waals surface area contributed by atoms with Crippen LogP contribution in [0.3, 0.4) is 0 Å². The molecule has 0 radical (unpaired) electrons. The number of rotatable bonds is 3. The summed E-state index contributed by atoms with van der Waals surface area (Å²) < 4.78 is 14.7. The van der Waals surface area contributed by atoms with Crippen LogP contribution in [0.2, 0.25) is 0 Å². The van der Waals surface area contributed by atoms with Crippen molar-refractivity contribution >= 4 is 31.9 Å². The van der Waals surface area contributed by atoms with Gasteiger partial charge in [-0.25, -0.2) is 4.39 Å². The summed E-state index contributed by atoms with van der Waals surface area (Å²) in [5.74, 6) is -0.254. The first-order valence-electron chi connectivity index (χ1n) is 5.93. The molecule has 0 heterocycles.